The minimum absolute atomic E-state index is 0.461. The van der Waals surface area contributed by atoms with E-state index in [1.165, 1.54) is 0 Å². The van der Waals surface area contributed by atoms with Crippen LogP contribution in [-0.4, -0.2) is 29.7 Å². The predicted octanol–water partition coefficient (Wildman–Crippen LogP) is 2.64. The van der Waals surface area contributed by atoms with Crippen molar-refractivity contribution in [2.75, 3.05) is 24.6 Å². The Morgan fingerprint density at radius 2 is 2.05 bits per heavy atom. The molecule has 0 spiro atoms. The number of nitrogens with zero attached hydrogens (tertiary/aromatic N) is 4. The summed E-state index contributed by atoms with van der Waals surface area (Å²) in [4.78, 5) is 10.6. The summed E-state index contributed by atoms with van der Waals surface area (Å²) in [5.41, 5.74) is 1.55. The molecule has 1 fully saturated rings. The van der Waals surface area contributed by atoms with E-state index in [2.05, 4.69) is 14.9 Å². The van der Waals surface area contributed by atoms with Crippen molar-refractivity contribution in [3.63, 3.8) is 0 Å². The molecule has 0 aromatic carbocycles. The van der Waals surface area contributed by atoms with Gasteiger partial charge in [0.2, 0.25) is 5.88 Å². The summed E-state index contributed by atoms with van der Waals surface area (Å²) in [5, 5.41) is 8.78. The molecule has 5 nitrogen and oxygen atoms in total. The summed E-state index contributed by atoms with van der Waals surface area (Å²) in [6, 6.07) is 11.5. The van der Waals surface area contributed by atoms with E-state index in [0.717, 1.165) is 38.2 Å². The lowest BCUT2D eigenvalue weighted by Crippen LogP contribution is -2.35. The molecule has 2 aromatic rings. The average Bonchev–Trinajstić information content (AvgIpc) is 2.61. The summed E-state index contributed by atoms with van der Waals surface area (Å²) in [5.74, 6) is 1.26. The molecule has 0 radical (unpaired) electrons. The number of hydrogen-bond donors (Lipinski definition) is 0. The van der Waals surface area contributed by atoms with E-state index >= 15 is 0 Å². The molecule has 0 atom stereocenters. The van der Waals surface area contributed by atoms with E-state index in [1.807, 2.05) is 30.3 Å². The van der Waals surface area contributed by atoms with Crippen molar-refractivity contribution in [1.29, 1.82) is 5.26 Å². The van der Waals surface area contributed by atoms with Crippen molar-refractivity contribution in [2.45, 2.75) is 12.8 Å². The molecule has 1 aliphatic rings. The molecular formula is C17H18N4O. The largest absolute Gasteiger partial charge is 0.477 e. The molecule has 112 valence electrons. The highest BCUT2D eigenvalue weighted by molar-refractivity contribution is 5.46. The van der Waals surface area contributed by atoms with Gasteiger partial charge >= 0.3 is 0 Å². The van der Waals surface area contributed by atoms with Gasteiger partial charge in [0.05, 0.1) is 18.5 Å². The smallest absolute Gasteiger partial charge is 0.213 e. The van der Waals surface area contributed by atoms with Gasteiger partial charge in [-0.3, -0.25) is 0 Å². The summed E-state index contributed by atoms with van der Waals surface area (Å²) in [7, 11) is 0. The van der Waals surface area contributed by atoms with Gasteiger partial charge in [-0.05, 0) is 37.0 Å². The Kier molecular flexibility index (Phi) is 4.50. The van der Waals surface area contributed by atoms with E-state index < -0.39 is 0 Å². The average molecular weight is 294 g/mol. The first-order valence-electron chi connectivity index (χ1n) is 7.50. The van der Waals surface area contributed by atoms with E-state index in [9.17, 15) is 0 Å². The normalized spacial score (nSPS) is 15.3. The Hall–Kier alpha value is -2.61. The van der Waals surface area contributed by atoms with Gasteiger partial charge < -0.3 is 9.64 Å². The lowest BCUT2D eigenvalue weighted by Gasteiger charge is -2.33. The summed E-state index contributed by atoms with van der Waals surface area (Å²) >= 11 is 0. The molecule has 5 heteroatoms. The molecule has 0 amide bonds. The van der Waals surface area contributed by atoms with Gasteiger partial charge in [-0.1, -0.05) is 6.07 Å². The molecule has 2 aromatic heterocycles. The number of ether oxygens (including phenoxy) is 1. The second-order valence-corrected chi connectivity index (χ2v) is 5.42. The fourth-order valence-corrected chi connectivity index (χ4v) is 2.63. The van der Waals surface area contributed by atoms with Crippen LogP contribution in [0.3, 0.4) is 0 Å². The second-order valence-electron chi connectivity index (χ2n) is 5.42. The Morgan fingerprint density at radius 3 is 2.68 bits per heavy atom. The zero-order chi connectivity index (χ0) is 15.2. The summed E-state index contributed by atoms with van der Waals surface area (Å²) in [6.45, 7) is 2.70. The third-order valence-corrected chi connectivity index (χ3v) is 3.95. The summed E-state index contributed by atoms with van der Waals surface area (Å²) < 4.78 is 5.74. The highest BCUT2D eigenvalue weighted by Crippen LogP contribution is 2.23. The molecule has 0 bridgehead atoms. The van der Waals surface area contributed by atoms with Crippen molar-refractivity contribution in [3.05, 3.63) is 48.4 Å². The van der Waals surface area contributed by atoms with Crippen LogP contribution in [-0.2, 0) is 0 Å². The number of piperidine rings is 1. The fourth-order valence-electron chi connectivity index (χ4n) is 2.63. The highest BCUT2D eigenvalue weighted by Gasteiger charge is 2.20. The number of anilines is 1. The standard InChI is InChI=1S/C17H18N4O/c18-11-15-4-5-16(12-20-15)21-9-6-14(7-10-21)13-22-17-3-1-2-8-19-17/h1-5,8,12,14H,6-7,9-10,13H2. The van der Waals surface area contributed by atoms with Crippen molar-refractivity contribution >= 4 is 5.69 Å². The van der Waals surface area contributed by atoms with Crippen molar-refractivity contribution < 1.29 is 4.74 Å². The first-order chi connectivity index (χ1) is 10.8. The Bertz CT molecular complexity index is 628. The third kappa shape index (κ3) is 3.53. The summed E-state index contributed by atoms with van der Waals surface area (Å²) in [6.07, 6.45) is 5.71. The number of hydrogen-bond acceptors (Lipinski definition) is 5. The number of nitriles is 1. The lowest BCUT2D eigenvalue weighted by molar-refractivity contribution is 0.216. The van der Waals surface area contributed by atoms with Gasteiger partial charge in [-0.25, -0.2) is 9.97 Å². The maximum absolute atomic E-state index is 8.78. The molecule has 0 N–H and O–H groups in total. The van der Waals surface area contributed by atoms with Gasteiger partial charge in [0.25, 0.3) is 0 Å². The van der Waals surface area contributed by atoms with Crippen LogP contribution < -0.4 is 9.64 Å². The van der Waals surface area contributed by atoms with Gasteiger partial charge in [-0.15, -0.1) is 0 Å². The number of pyridine rings is 2. The molecule has 22 heavy (non-hydrogen) atoms. The van der Waals surface area contributed by atoms with Crippen molar-refractivity contribution in [2.24, 2.45) is 5.92 Å². The van der Waals surface area contributed by atoms with Gasteiger partial charge in [0.1, 0.15) is 11.8 Å². The number of aromatic nitrogens is 2. The zero-order valence-electron chi connectivity index (χ0n) is 12.4. The fraction of sp³-hybridized carbons (Fsp3) is 0.353. The van der Waals surface area contributed by atoms with E-state index in [-0.39, 0.29) is 0 Å². The molecular weight excluding hydrogens is 276 g/mol. The molecule has 1 aliphatic heterocycles. The quantitative estimate of drug-likeness (QED) is 0.867. The van der Waals surface area contributed by atoms with Crippen molar-refractivity contribution in [3.8, 4) is 11.9 Å². The highest BCUT2D eigenvalue weighted by atomic mass is 16.5. The van der Waals surface area contributed by atoms with E-state index in [0.29, 0.717) is 17.5 Å². The minimum Gasteiger partial charge on any atom is -0.477 e. The van der Waals surface area contributed by atoms with Crippen LogP contribution in [0.25, 0.3) is 0 Å². The van der Waals surface area contributed by atoms with E-state index in [1.54, 1.807) is 18.5 Å². The van der Waals surface area contributed by atoms with Crippen LogP contribution in [0.15, 0.2) is 42.7 Å². The van der Waals surface area contributed by atoms with Crippen LogP contribution >= 0.6 is 0 Å². The topological polar surface area (TPSA) is 62.0 Å². The van der Waals surface area contributed by atoms with Crippen LogP contribution in [0, 0.1) is 17.2 Å². The SMILES string of the molecule is N#Cc1ccc(N2CCC(COc3ccccn3)CC2)cn1. The van der Waals surface area contributed by atoms with E-state index in [4.69, 9.17) is 10.00 Å². The first-order valence-corrected chi connectivity index (χ1v) is 7.50. The zero-order valence-corrected chi connectivity index (χ0v) is 12.4. The third-order valence-electron chi connectivity index (χ3n) is 3.95. The molecule has 1 saturated heterocycles. The van der Waals surface area contributed by atoms with Crippen LogP contribution in [0.5, 0.6) is 5.88 Å². The van der Waals surface area contributed by atoms with Crippen LogP contribution in [0.4, 0.5) is 5.69 Å². The van der Waals surface area contributed by atoms with Crippen molar-refractivity contribution in [1.82, 2.24) is 9.97 Å². The number of rotatable bonds is 4. The molecule has 3 heterocycles. The maximum Gasteiger partial charge on any atom is 0.213 e. The van der Waals surface area contributed by atoms with Gasteiger partial charge in [0, 0.05) is 25.4 Å². The minimum atomic E-state index is 0.461. The van der Waals surface area contributed by atoms with Crippen LogP contribution in [0.1, 0.15) is 18.5 Å². The molecule has 0 unspecified atom stereocenters. The molecule has 3 rings (SSSR count). The maximum atomic E-state index is 8.78. The monoisotopic (exact) mass is 294 g/mol. The Morgan fingerprint density at radius 1 is 1.18 bits per heavy atom. The van der Waals surface area contributed by atoms with Gasteiger partial charge in [0.15, 0.2) is 0 Å². The van der Waals surface area contributed by atoms with Gasteiger partial charge in [-0.2, -0.15) is 5.26 Å². The molecule has 0 saturated carbocycles. The first kappa shape index (κ1) is 14.3. The molecule has 0 aliphatic carbocycles. The second kappa shape index (κ2) is 6.90. The van der Waals surface area contributed by atoms with Crippen LogP contribution in [0.2, 0.25) is 0 Å². The predicted molar refractivity (Wildman–Crippen MR) is 83.6 cm³/mol. The lowest BCUT2D eigenvalue weighted by atomic mass is 9.97. The Balaban J connectivity index is 1.48. The Labute approximate surface area is 130 Å².